The van der Waals surface area contributed by atoms with Crippen LogP contribution in [0.25, 0.3) is 0 Å². The Bertz CT molecular complexity index is 416. The number of ether oxygens (including phenoxy) is 1. The van der Waals surface area contributed by atoms with Crippen LogP contribution < -0.4 is 10.5 Å². The van der Waals surface area contributed by atoms with E-state index in [9.17, 15) is 4.39 Å². The van der Waals surface area contributed by atoms with Crippen molar-refractivity contribution in [2.75, 3.05) is 7.11 Å². The van der Waals surface area contributed by atoms with Gasteiger partial charge in [-0.2, -0.15) is 0 Å². The molecule has 88 valence electrons. The first-order valence-corrected chi connectivity index (χ1v) is 6.09. The van der Waals surface area contributed by atoms with Gasteiger partial charge < -0.3 is 10.5 Å². The number of rotatable bonds is 3. The lowest BCUT2D eigenvalue weighted by Gasteiger charge is -2.23. The standard InChI is InChI=1S/C12H15BrFNO/c1-7(15)12(3-4-12)9-5-8(13)6-10(14)11(9)16-2/h5-7H,3-4,15H2,1-2H3. The molecule has 1 saturated carbocycles. The number of halogens is 2. The first-order chi connectivity index (χ1) is 7.51. The Hall–Kier alpha value is -0.610. The van der Waals surface area contributed by atoms with E-state index in [-0.39, 0.29) is 17.3 Å². The van der Waals surface area contributed by atoms with E-state index >= 15 is 0 Å². The molecule has 0 aliphatic heterocycles. The molecular weight excluding hydrogens is 273 g/mol. The van der Waals surface area contributed by atoms with Crippen molar-refractivity contribution in [1.29, 1.82) is 0 Å². The molecule has 16 heavy (non-hydrogen) atoms. The van der Waals surface area contributed by atoms with Crippen molar-refractivity contribution < 1.29 is 9.13 Å². The van der Waals surface area contributed by atoms with Gasteiger partial charge in [-0.15, -0.1) is 0 Å². The van der Waals surface area contributed by atoms with Crippen molar-refractivity contribution in [1.82, 2.24) is 0 Å². The summed E-state index contributed by atoms with van der Waals surface area (Å²) in [5, 5.41) is 0. The highest BCUT2D eigenvalue weighted by Crippen LogP contribution is 2.54. The summed E-state index contributed by atoms with van der Waals surface area (Å²) in [6, 6.07) is 3.34. The lowest BCUT2D eigenvalue weighted by molar-refractivity contribution is 0.371. The van der Waals surface area contributed by atoms with Gasteiger partial charge >= 0.3 is 0 Å². The summed E-state index contributed by atoms with van der Waals surface area (Å²) >= 11 is 3.31. The zero-order chi connectivity index (χ0) is 11.9. The van der Waals surface area contributed by atoms with Crippen molar-refractivity contribution in [2.45, 2.75) is 31.2 Å². The highest BCUT2D eigenvalue weighted by atomic mass is 79.9. The molecule has 1 unspecified atom stereocenters. The third-order valence-electron chi connectivity index (χ3n) is 3.41. The van der Waals surface area contributed by atoms with E-state index in [1.807, 2.05) is 13.0 Å². The maximum absolute atomic E-state index is 13.7. The molecule has 2 N–H and O–H groups in total. The Morgan fingerprint density at radius 2 is 2.12 bits per heavy atom. The highest BCUT2D eigenvalue weighted by molar-refractivity contribution is 9.10. The van der Waals surface area contributed by atoms with Crippen LogP contribution in [0.3, 0.4) is 0 Å². The third kappa shape index (κ3) is 1.74. The summed E-state index contributed by atoms with van der Waals surface area (Å²) in [5.74, 6) is -0.00296. The lowest BCUT2D eigenvalue weighted by Crippen LogP contribution is -2.32. The zero-order valence-corrected chi connectivity index (χ0v) is 11.0. The van der Waals surface area contributed by atoms with Crippen molar-refractivity contribution >= 4 is 15.9 Å². The SMILES string of the molecule is COc1c(F)cc(Br)cc1C1(C(C)N)CC1. The summed E-state index contributed by atoms with van der Waals surface area (Å²) < 4.78 is 19.6. The predicted molar refractivity (Wildman–Crippen MR) is 65.2 cm³/mol. The summed E-state index contributed by atoms with van der Waals surface area (Å²) in [6.07, 6.45) is 1.99. The molecule has 1 aliphatic carbocycles. The predicted octanol–water partition coefficient (Wildman–Crippen LogP) is 2.98. The van der Waals surface area contributed by atoms with Crippen LogP contribution in [0.2, 0.25) is 0 Å². The molecule has 2 rings (SSSR count). The van der Waals surface area contributed by atoms with E-state index in [1.54, 1.807) is 0 Å². The molecule has 0 spiro atoms. The van der Waals surface area contributed by atoms with Crippen LogP contribution in [0.15, 0.2) is 16.6 Å². The van der Waals surface area contributed by atoms with Gasteiger partial charge in [-0.1, -0.05) is 15.9 Å². The summed E-state index contributed by atoms with van der Waals surface area (Å²) in [6.45, 7) is 1.96. The third-order valence-corrected chi connectivity index (χ3v) is 3.87. The van der Waals surface area contributed by atoms with Gasteiger partial charge in [-0.25, -0.2) is 4.39 Å². The second-order valence-corrected chi connectivity index (χ2v) is 5.33. The van der Waals surface area contributed by atoms with Crippen molar-refractivity contribution in [2.24, 2.45) is 5.73 Å². The summed E-state index contributed by atoms with van der Waals surface area (Å²) in [7, 11) is 1.49. The van der Waals surface area contributed by atoms with E-state index in [2.05, 4.69) is 15.9 Å². The minimum Gasteiger partial charge on any atom is -0.493 e. The van der Waals surface area contributed by atoms with Crippen LogP contribution in [0.4, 0.5) is 4.39 Å². The van der Waals surface area contributed by atoms with E-state index in [0.29, 0.717) is 5.75 Å². The number of benzene rings is 1. The van der Waals surface area contributed by atoms with Gasteiger partial charge in [-0.05, 0) is 31.9 Å². The van der Waals surface area contributed by atoms with Crippen LogP contribution in [0.5, 0.6) is 5.75 Å². The molecule has 0 bridgehead atoms. The first kappa shape index (κ1) is 11.9. The molecule has 1 aromatic carbocycles. The molecule has 2 nitrogen and oxygen atoms in total. The van der Waals surface area contributed by atoms with E-state index in [1.165, 1.54) is 13.2 Å². The fraction of sp³-hybridized carbons (Fsp3) is 0.500. The van der Waals surface area contributed by atoms with Crippen LogP contribution in [-0.4, -0.2) is 13.2 Å². The molecule has 1 atom stereocenters. The van der Waals surface area contributed by atoms with Gasteiger partial charge in [0.2, 0.25) is 0 Å². The summed E-state index contributed by atoms with van der Waals surface area (Å²) in [5.41, 5.74) is 6.78. The second-order valence-electron chi connectivity index (χ2n) is 4.41. The smallest absolute Gasteiger partial charge is 0.166 e. The molecule has 0 radical (unpaired) electrons. The van der Waals surface area contributed by atoms with E-state index in [0.717, 1.165) is 22.9 Å². The molecule has 1 fully saturated rings. The molecule has 0 aromatic heterocycles. The summed E-state index contributed by atoms with van der Waals surface area (Å²) in [4.78, 5) is 0. The minimum absolute atomic E-state index is 0.00935. The Kier molecular flexibility index (Phi) is 2.97. The maximum Gasteiger partial charge on any atom is 0.166 e. The Morgan fingerprint density at radius 3 is 2.56 bits per heavy atom. The first-order valence-electron chi connectivity index (χ1n) is 5.30. The Balaban J connectivity index is 2.55. The highest BCUT2D eigenvalue weighted by Gasteiger charge is 2.49. The maximum atomic E-state index is 13.7. The number of hydrogen-bond donors (Lipinski definition) is 1. The topological polar surface area (TPSA) is 35.2 Å². The van der Waals surface area contributed by atoms with Crippen molar-refractivity contribution in [3.05, 3.63) is 28.0 Å². The van der Waals surface area contributed by atoms with Gasteiger partial charge in [0.05, 0.1) is 7.11 Å². The van der Waals surface area contributed by atoms with Gasteiger partial charge in [0.15, 0.2) is 11.6 Å². The zero-order valence-electron chi connectivity index (χ0n) is 9.39. The van der Waals surface area contributed by atoms with Gasteiger partial charge in [0, 0.05) is 21.5 Å². The lowest BCUT2D eigenvalue weighted by atomic mass is 9.88. The number of nitrogens with two attached hydrogens (primary N) is 1. The normalized spacial score (nSPS) is 19.3. The molecule has 0 amide bonds. The minimum atomic E-state index is -0.334. The van der Waals surface area contributed by atoms with Crippen LogP contribution in [0, 0.1) is 5.82 Å². The van der Waals surface area contributed by atoms with Crippen LogP contribution in [0.1, 0.15) is 25.3 Å². The van der Waals surface area contributed by atoms with Gasteiger partial charge in [0.1, 0.15) is 0 Å². The molecule has 1 aliphatic rings. The van der Waals surface area contributed by atoms with E-state index < -0.39 is 0 Å². The van der Waals surface area contributed by atoms with Gasteiger partial charge in [-0.3, -0.25) is 0 Å². The fourth-order valence-corrected chi connectivity index (χ4v) is 2.67. The monoisotopic (exact) mass is 287 g/mol. The quantitative estimate of drug-likeness (QED) is 0.928. The van der Waals surface area contributed by atoms with Crippen molar-refractivity contribution in [3.63, 3.8) is 0 Å². The van der Waals surface area contributed by atoms with E-state index in [4.69, 9.17) is 10.5 Å². The molecule has 1 aromatic rings. The van der Waals surface area contributed by atoms with Crippen LogP contribution in [-0.2, 0) is 5.41 Å². The van der Waals surface area contributed by atoms with Crippen molar-refractivity contribution in [3.8, 4) is 5.75 Å². The molecule has 0 heterocycles. The Labute approximate surface area is 103 Å². The molecule has 0 saturated heterocycles. The Morgan fingerprint density at radius 1 is 1.50 bits per heavy atom. The largest absolute Gasteiger partial charge is 0.493 e. The number of hydrogen-bond acceptors (Lipinski definition) is 2. The average molecular weight is 288 g/mol. The number of methoxy groups -OCH3 is 1. The second kappa shape index (κ2) is 4.00. The molecular formula is C12H15BrFNO. The fourth-order valence-electron chi connectivity index (χ4n) is 2.24. The van der Waals surface area contributed by atoms with Crippen LogP contribution >= 0.6 is 15.9 Å². The van der Waals surface area contributed by atoms with Gasteiger partial charge in [0.25, 0.3) is 0 Å². The molecule has 4 heteroatoms. The average Bonchev–Trinajstić information content (AvgIpc) is 2.97.